The normalized spacial score (nSPS) is 13.5. The molecule has 0 bridgehead atoms. The predicted octanol–water partition coefficient (Wildman–Crippen LogP) is 2.04. The molecule has 26 heavy (non-hydrogen) atoms. The zero-order chi connectivity index (χ0) is 18.3. The molecule has 8 nitrogen and oxygen atoms in total. The van der Waals surface area contributed by atoms with Gasteiger partial charge in [0.1, 0.15) is 21.1 Å². The topological polar surface area (TPSA) is 105 Å². The Bertz CT molecular complexity index is 1030. The summed E-state index contributed by atoms with van der Waals surface area (Å²) in [5, 5.41) is 9.55. The molecule has 3 heterocycles. The van der Waals surface area contributed by atoms with Gasteiger partial charge in [0.25, 0.3) is 11.8 Å². The third-order valence-electron chi connectivity index (χ3n) is 3.99. The van der Waals surface area contributed by atoms with Gasteiger partial charge in [-0.15, -0.1) is 0 Å². The molecule has 0 atom stereocenters. The molecule has 9 heteroatoms. The number of hydrogen-bond donors (Lipinski definition) is 2. The van der Waals surface area contributed by atoms with Crippen LogP contribution in [0.4, 0.5) is 5.69 Å². The van der Waals surface area contributed by atoms with Gasteiger partial charge in [-0.25, -0.2) is 15.4 Å². The van der Waals surface area contributed by atoms with Crippen LogP contribution >= 0.6 is 11.3 Å². The largest absolute Gasteiger partial charge is 0.482 e. The van der Waals surface area contributed by atoms with Crippen LogP contribution in [-0.2, 0) is 11.3 Å². The van der Waals surface area contributed by atoms with Gasteiger partial charge in [-0.1, -0.05) is 11.3 Å². The lowest BCUT2D eigenvalue weighted by atomic mass is 10.1. The number of rotatable bonds is 3. The van der Waals surface area contributed by atoms with Crippen LogP contribution < -0.4 is 15.1 Å². The molecule has 2 aromatic heterocycles. The Kier molecular flexibility index (Phi) is 4.02. The minimum absolute atomic E-state index is 0.0825. The third kappa shape index (κ3) is 2.87. The maximum Gasteiger partial charge on any atom is 0.274 e. The molecular weight excluding hydrogens is 356 g/mol. The van der Waals surface area contributed by atoms with E-state index in [1.54, 1.807) is 17.7 Å². The van der Waals surface area contributed by atoms with Gasteiger partial charge in [-0.3, -0.25) is 19.7 Å². The van der Waals surface area contributed by atoms with Crippen LogP contribution in [-0.4, -0.2) is 33.6 Å². The Morgan fingerprint density at radius 3 is 3.08 bits per heavy atom. The number of anilines is 1. The van der Waals surface area contributed by atoms with Crippen molar-refractivity contribution in [2.24, 2.45) is 0 Å². The van der Waals surface area contributed by atoms with Gasteiger partial charge in [-0.2, -0.15) is 0 Å². The standard InChI is InChI=1S/C17H14N4O4S/c1-9-4-11-17(18-6-9)26-14(19-11)7-21-12-5-10(16(23)20-24)2-3-13(12)25-8-15(21)22/h2-6,24H,7-8H2,1H3,(H,20,23). The van der Waals surface area contributed by atoms with Gasteiger partial charge in [0.15, 0.2) is 6.61 Å². The first-order valence-corrected chi connectivity index (χ1v) is 8.60. The van der Waals surface area contributed by atoms with E-state index in [1.165, 1.54) is 28.4 Å². The molecule has 3 aromatic rings. The van der Waals surface area contributed by atoms with Gasteiger partial charge in [0, 0.05) is 11.8 Å². The van der Waals surface area contributed by atoms with Crippen LogP contribution in [0.5, 0.6) is 5.75 Å². The summed E-state index contributed by atoms with van der Waals surface area (Å²) in [7, 11) is 0. The van der Waals surface area contributed by atoms with E-state index in [4.69, 9.17) is 9.94 Å². The number of pyridine rings is 1. The summed E-state index contributed by atoms with van der Waals surface area (Å²) >= 11 is 1.42. The summed E-state index contributed by atoms with van der Waals surface area (Å²) in [5.74, 6) is -0.401. The number of ether oxygens (including phenoxy) is 1. The Hall–Kier alpha value is -3.04. The number of carbonyl (C=O) groups is 2. The van der Waals surface area contributed by atoms with Crippen molar-refractivity contribution in [2.75, 3.05) is 11.5 Å². The highest BCUT2D eigenvalue weighted by Gasteiger charge is 2.27. The van der Waals surface area contributed by atoms with E-state index in [0.717, 1.165) is 20.9 Å². The van der Waals surface area contributed by atoms with Gasteiger partial charge in [0.2, 0.25) is 0 Å². The zero-order valence-corrected chi connectivity index (χ0v) is 14.5. The number of aromatic nitrogens is 2. The molecule has 1 aromatic carbocycles. The number of nitrogens with zero attached hydrogens (tertiary/aromatic N) is 3. The summed E-state index contributed by atoms with van der Waals surface area (Å²) in [6.45, 7) is 2.11. The first-order valence-electron chi connectivity index (χ1n) is 7.79. The molecule has 1 aliphatic rings. The zero-order valence-electron chi connectivity index (χ0n) is 13.7. The molecule has 0 spiro atoms. The van der Waals surface area contributed by atoms with E-state index in [9.17, 15) is 9.59 Å². The number of carbonyl (C=O) groups excluding carboxylic acids is 2. The fraction of sp³-hybridized carbons (Fsp3) is 0.176. The van der Waals surface area contributed by atoms with E-state index in [0.29, 0.717) is 11.4 Å². The number of hydrogen-bond acceptors (Lipinski definition) is 7. The SMILES string of the molecule is Cc1cnc2sc(CN3C(=O)COc4ccc(C(=O)NO)cc43)nc2c1. The summed E-state index contributed by atoms with van der Waals surface area (Å²) in [5.41, 5.74) is 4.07. The Morgan fingerprint density at radius 2 is 2.27 bits per heavy atom. The fourth-order valence-corrected chi connectivity index (χ4v) is 3.63. The molecule has 0 saturated carbocycles. The maximum atomic E-state index is 12.4. The lowest BCUT2D eigenvalue weighted by Gasteiger charge is -2.29. The van der Waals surface area contributed by atoms with E-state index in [1.807, 2.05) is 13.0 Å². The summed E-state index contributed by atoms with van der Waals surface area (Å²) in [6.07, 6.45) is 1.78. The smallest absolute Gasteiger partial charge is 0.274 e. The Balaban J connectivity index is 1.71. The molecule has 0 fully saturated rings. The monoisotopic (exact) mass is 370 g/mol. The van der Waals surface area contributed by atoms with Crippen molar-refractivity contribution >= 4 is 39.2 Å². The average Bonchev–Trinajstić information content (AvgIpc) is 3.04. The molecule has 0 saturated heterocycles. The molecule has 1 aliphatic heterocycles. The van der Waals surface area contributed by atoms with Crippen LogP contribution in [0, 0.1) is 6.92 Å². The Morgan fingerprint density at radius 1 is 1.42 bits per heavy atom. The van der Waals surface area contributed by atoms with Gasteiger partial charge < -0.3 is 4.74 Å². The number of benzene rings is 1. The summed E-state index contributed by atoms with van der Waals surface area (Å²) in [4.78, 5) is 35.3. The molecule has 0 unspecified atom stereocenters. The van der Waals surface area contributed by atoms with E-state index in [-0.39, 0.29) is 24.6 Å². The number of hydroxylamine groups is 1. The number of aryl methyl sites for hydroxylation is 1. The second-order valence-electron chi connectivity index (χ2n) is 5.84. The molecule has 0 aliphatic carbocycles. The highest BCUT2D eigenvalue weighted by atomic mass is 32.1. The number of fused-ring (bicyclic) bond motifs is 2. The van der Waals surface area contributed by atoms with Crippen LogP contribution in [0.3, 0.4) is 0 Å². The van der Waals surface area contributed by atoms with Crippen molar-refractivity contribution in [3.8, 4) is 5.75 Å². The van der Waals surface area contributed by atoms with Crippen molar-refractivity contribution in [3.63, 3.8) is 0 Å². The third-order valence-corrected chi connectivity index (χ3v) is 4.95. The van der Waals surface area contributed by atoms with Gasteiger partial charge >= 0.3 is 0 Å². The molecular formula is C17H14N4O4S. The number of amides is 2. The fourth-order valence-electron chi connectivity index (χ4n) is 2.75. The van der Waals surface area contributed by atoms with E-state index >= 15 is 0 Å². The number of thiazole rings is 1. The highest BCUT2D eigenvalue weighted by Crippen LogP contribution is 2.35. The second-order valence-corrected chi connectivity index (χ2v) is 6.90. The van der Waals surface area contributed by atoms with Crippen molar-refractivity contribution < 1.29 is 19.5 Å². The van der Waals surface area contributed by atoms with Crippen LogP contribution in [0.25, 0.3) is 10.3 Å². The van der Waals surface area contributed by atoms with Crippen LogP contribution in [0.1, 0.15) is 20.9 Å². The minimum Gasteiger partial charge on any atom is -0.482 e. The lowest BCUT2D eigenvalue weighted by molar-refractivity contribution is -0.121. The van der Waals surface area contributed by atoms with Crippen LogP contribution in [0.15, 0.2) is 30.5 Å². The summed E-state index contributed by atoms with van der Waals surface area (Å²) < 4.78 is 5.43. The Labute approximate surface area is 152 Å². The molecule has 2 amide bonds. The minimum atomic E-state index is -0.662. The first kappa shape index (κ1) is 16.4. The lowest BCUT2D eigenvalue weighted by Crippen LogP contribution is -2.38. The van der Waals surface area contributed by atoms with Crippen LogP contribution in [0.2, 0.25) is 0 Å². The predicted molar refractivity (Wildman–Crippen MR) is 94.5 cm³/mol. The van der Waals surface area contributed by atoms with Crippen molar-refractivity contribution in [3.05, 3.63) is 46.6 Å². The van der Waals surface area contributed by atoms with E-state index < -0.39 is 5.91 Å². The van der Waals surface area contributed by atoms with E-state index in [2.05, 4.69) is 9.97 Å². The first-order chi connectivity index (χ1) is 12.5. The van der Waals surface area contributed by atoms with Crippen molar-refractivity contribution in [2.45, 2.75) is 13.5 Å². The molecule has 4 rings (SSSR count). The highest BCUT2D eigenvalue weighted by molar-refractivity contribution is 7.18. The quantitative estimate of drug-likeness (QED) is 0.540. The summed E-state index contributed by atoms with van der Waals surface area (Å²) in [6, 6.07) is 6.57. The van der Waals surface area contributed by atoms with Crippen molar-refractivity contribution in [1.82, 2.24) is 15.4 Å². The molecule has 0 radical (unpaired) electrons. The number of nitrogens with one attached hydrogen (secondary N) is 1. The second kappa shape index (κ2) is 6.36. The maximum absolute atomic E-state index is 12.4. The van der Waals surface area contributed by atoms with Crippen molar-refractivity contribution in [1.29, 1.82) is 0 Å². The van der Waals surface area contributed by atoms with Gasteiger partial charge in [-0.05, 0) is 36.8 Å². The van der Waals surface area contributed by atoms with Gasteiger partial charge in [0.05, 0.1) is 12.2 Å². The molecule has 132 valence electrons. The average molecular weight is 370 g/mol. The molecule has 2 N–H and O–H groups in total.